The van der Waals surface area contributed by atoms with Crippen LogP contribution in [0.3, 0.4) is 0 Å². The summed E-state index contributed by atoms with van der Waals surface area (Å²) in [5.74, 6) is 0.981. The third kappa shape index (κ3) is 3.11. The van der Waals surface area contributed by atoms with Crippen LogP contribution < -0.4 is 10.1 Å². The Kier molecular flexibility index (Phi) is 3.84. The number of halogens is 1. The second kappa shape index (κ2) is 5.79. The van der Waals surface area contributed by atoms with E-state index in [1.54, 1.807) is 12.1 Å². The molecule has 22 heavy (non-hydrogen) atoms. The normalized spacial score (nSPS) is 19.4. The zero-order chi connectivity index (χ0) is 15.6. The minimum atomic E-state index is -0.304. The molecule has 1 atom stereocenters. The van der Waals surface area contributed by atoms with Gasteiger partial charge in [-0.2, -0.15) is 0 Å². The number of ether oxygens (including phenoxy) is 1. The molecule has 2 aromatic carbocycles. The topological polar surface area (TPSA) is 33.6 Å². The molecular weight excluding hydrogens is 279 g/mol. The maximum absolute atomic E-state index is 13.1. The maximum Gasteiger partial charge on any atom is 0.145 e. The Hall–Kier alpha value is -2.36. The summed E-state index contributed by atoms with van der Waals surface area (Å²) in [6, 6.07) is 16.5. The quantitative estimate of drug-likeness (QED) is 0.933. The lowest BCUT2D eigenvalue weighted by molar-refractivity contribution is 0.369. The average molecular weight is 298 g/mol. The zero-order valence-corrected chi connectivity index (χ0v) is 12.7. The number of rotatable bonds is 4. The van der Waals surface area contributed by atoms with Gasteiger partial charge in [0.05, 0.1) is 11.6 Å². The molecule has 3 rings (SSSR count). The van der Waals surface area contributed by atoms with Gasteiger partial charge in [0.25, 0.3) is 0 Å². The fourth-order valence-electron chi connectivity index (χ4n) is 2.71. The number of hydrogen-bond acceptors (Lipinski definition) is 3. The predicted octanol–water partition coefficient (Wildman–Crippen LogP) is 3.73. The van der Waals surface area contributed by atoms with Gasteiger partial charge in [-0.3, -0.25) is 4.99 Å². The molecule has 0 amide bonds. The number of nitrogens with zero attached hydrogens (tertiary/aromatic N) is 1. The molecule has 0 saturated heterocycles. The van der Waals surface area contributed by atoms with Crippen LogP contribution in [0.1, 0.15) is 25.5 Å². The number of amidine groups is 1. The van der Waals surface area contributed by atoms with Crippen molar-refractivity contribution in [3.8, 4) is 5.75 Å². The van der Waals surface area contributed by atoms with Gasteiger partial charge >= 0.3 is 0 Å². The maximum atomic E-state index is 13.1. The molecule has 3 nitrogen and oxygen atoms in total. The lowest BCUT2D eigenvalue weighted by Crippen LogP contribution is -2.33. The van der Waals surface area contributed by atoms with E-state index >= 15 is 0 Å². The second-order valence-electron chi connectivity index (χ2n) is 5.95. The van der Waals surface area contributed by atoms with E-state index in [0.29, 0.717) is 12.4 Å². The Labute approximate surface area is 129 Å². The van der Waals surface area contributed by atoms with Gasteiger partial charge in [-0.25, -0.2) is 4.39 Å². The molecule has 0 fully saturated rings. The van der Waals surface area contributed by atoms with E-state index in [0.717, 1.165) is 5.84 Å². The number of benzene rings is 2. The number of nitrogens with one attached hydrogen (secondary N) is 1. The van der Waals surface area contributed by atoms with E-state index in [9.17, 15) is 4.39 Å². The highest BCUT2D eigenvalue weighted by Gasteiger charge is 2.36. The van der Waals surface area contributed by atoms with Crippen molar-refractivity contribution >= 4 is 5.84 Å². The summed E-state index contributed by atoms with van der Waals surface area (Å²) in [6.45, 7) is 4.48. The fourth-order valence-corrected chi connectivity index (χ4v) is 2.71. The van der Waals surface area contributed by atoms with Crippen LogP contribution in [0.5, 0.6) is 5.75 Å². The van der Waals surface area contributed by atoms with Crippen molar-refractivity contribution in [2.45, 2.75) is 25.4 Å². The number of hydrogen-bond donors (Lipinski definition) is 1. The molecule has 0 saturated carbocycles. The molecule has 1 heterocycles. The van der Waals surface area contributed by atoms with Gasteiger partial charge in [-0.1, -0.05) is 36.4 Å². The highest BCUT2D eigenvalue weighted by atomic mass is 19.1. The van der Waals surface area contributed by atoms with Crippen LogP contribution in [-0.4, -0.2) is 18.0 Å². The first-order valence-electron chi connectivity index (χ1n) is 7.33. The van der Waals surface area contributed by atoms with Crippen molar-refractivity contribution < 1.29 is 9.13 Å². The molecule has 0 radical (unpaired) electrons. The highest BCUT2D eigenvalue weighted by Crippen LogP contribution is 2.33. The molecule has 0 aromatic heterocycles. The van der Waals surface area contributed by atoms with Crippen LogP contribution in [0.25, 0.3) is 0 Å². The smallest absolute Gasteiger partial charge is 0.145 e. The largest absolute Gasteiger partial charge is 0.486 e. The summed E-state index contributed by atoms with van der Waals surface area (Å²) >= 11 is 0. The van der Waals surface area contributed by atoms with Crippen LogP contribution in [-0.2, 0) is 0 Å². The van der Waals surface area contributed by atoms with Gasteiger partial charge in [0.15, 0.2) is 0 Å². The van der Waals surface area contributed by atoms with Gasteiger partial charge in [-0.05, 0) is 31.5 Å². The Morgan fingerprint density at radius 2 is 1.91 bits per heavy atom. The first-order chi connectivity index (χ1) is 10.5. The fraction of sp³-hybridized carbons (Fsp3) is 0.278. The minimum Gasteiger partial charge on any atom is -0.486 e. The molecule has 0 spiro atoms. The molecule has 1 unspecified atom stereocenters. The lowest BCUT2D eigenvalue weighted by Gasteiger charge is -2.25. The summed E-state index contributed by atoms with van der Waals surface area (Å²) in [4.78, 5) is 4.70. The van der Waals surface area contributed by atoms with Crippen molar-refractivity contribution in [3.63, 3.8) is 0 Å². The molecule has 0 aliphatic carbocycles. The van der Waals surface area contributed by atoms with E-state index in [1.165, 1.54) is 17.7 Å². The molecule has 2 aromatic rings. The average Bonchev–Trinajstić information content (AvgIpc) is 2.81. The first-order valence-corrected chi connectivity index (χ1v) is 7.33. The van der Waals surface area contributed by atoms with Gasteiger partial charge in [0, 0.05) is 6.07 Å². The number of aliphatic imine (C=N–C) groups is 1. The highest BCUT2D eigenvalue weighted by molar-refractivity contribution is 5.86. The molecule has 4 heteroatoms. The van der Waals surface area contributed by atoms with Crippen LogP contribution in [0.15, 0.2) is 59.6 Å². The van der Waals surface area contributed by atoms with Gasteiger partial charge in [0.1, 0.15) is 24.0 Å². The Bertz CT molecular complexity index is 682. The Morgan fingerprint density at radius 3 is 2.64 bits per heavy atom. The third-order valence-corrected chi connectivity index (χ3v) is 3.75. The van der Waals surface area contributed by atoms with Crippen LogP contribution in [0.4, 0.5) is 4.39 Å². The summed E-state index contributed by atoms with van der Waals surface area (Å²) < 4.78 is 18.8. The van der Waals surface area contributed by atoms with Gasteiger partial charge < -0.3 is 10.1 Å². The molecule has 1 aliphatic rings. The molecule has 0 bridgehead atoms. The van der Waals surface area contributed by atoms with Crippen molar-refractivity contribution in [2.75, 3.05) is 6.61 Å². The lowest BCUT2D eigenvalue weighted by atomic mass is 9.90. The van der Waals surface area contributed by atoms with Crippen molar-refractivity contribution in [1.29, 1.82) is 0 Å². The predicted molar refractivity (Wildman–Crippen MR) is 85.7 cm³/mol. The molecular formula is C18H19FN2O. The van der Waals surface area contributed by atoms with Gasteiger partial charge in [0.2, 0.25) is 0 Å². The van der Waals surface area contributed by atoms with Crippen LogP contribution >= 0.6 is 0 Å². The first kappa shape index (κ1) is 14.6. The Balaban J connectivity index is 1.69. The van der Waals surface area contributed by atoms with Crippen molar-refractivity contribution in [3.05, 3.63) is 66.0 Å². The van der Waals surface area contributed by atoms with E-state index in [1.807, 2.05) is 18.2 Å². The Morgan fingerprint density at radius 1 is 1.14 bits per heavy atom. The van der Waals surface area contributed by atoms with Gasteiger partial charge in [-0.15, -0.1) is 0 Å². The SMILES string of the molecule is CC1(C)N=C(COc2cccc(F)c2)NC1c1ccccc1. The molecule has 1 N–H and O–H groups in total. The van der Waals surface area contributed by atoms with E-state index in [-0.39, 0.29) is 17.4 Å². The zero-order valence-electron chi connectivity index (χ0n) is 12.7. The van der Waals surface area contributed by atoms with E-state index in [2.05, 4.69) is 31.3 Å². The monoisotopic (exact) mass is 298 g/mol. The summed E-state index contributed by atoms with van der Waals surface area (Å²) in [7, 11) is 0. The van der Waals surface area contributed by atoms with Crippen LogP contribution in [0, 0.1) is 5.82 Å². The third-order valence-electron chi connectivity index (χ3n) is 3.75. The summed E-state index contributed by atoms with van der Waals surface area (Å²) in [5.41, 5.74) is 0.944. The van der Waals surface area contributed by atoms with Crippen LogP contribution in [0.2, 0.25) is 0 Å². The summed E-state index contributed by atoms with van der Waals surface area (Å²) in [6.07, 6.45) is 0. The van der Waals surface area contributed by atoms with E-state index < -0.39 is 0 Å². The van der Waals surface area contributed by atoms with Crippen molar-refractivity contribution in [1.82, 2.24) is 5.32 Å². The second-order valence-corrected chi connectivity index (χ2v) is 5.95. The van der Waals surface area contributed by atoms with E-state index in [4.69, 9.17) is 9.73 Å². The van der Waals surface area contributed by atoms with Crippen molar-refractivity contribution in [2.24, 2.45) is 4.99 Å². The summed E-state index contributed by atoms with van der Waals surface area (Å²) in [5, 5.41) is 3.41. The minimum absolute atomic E-state index is 0.111. The molecule has 114 valence electrons. The molecule has 1 aliphatic heterocycles. The standard InChI is InChI=1S/C18H19FN2O/c1-18(2)17(13-7-4-3-5-8-13)20-16(21-18)12-22-15-10-6-9-14(19)11-15/h3-11,17H,12H2,1-2H3,(H,20,21).